The van der Waals surface area contributed by atoms with Crippen molar-refractivity contribution in [2.24, 2.45) is 0 Å². The summed E-state index contributed by atoms with van der Waals surface area (Å²) in [5.74, 6) is -1.96. The number of carboxylic acid groups (broad SMARTS) is 2. The summed E-state index contributed by atoms with van der Waals surface area (Å²) in [6.07, 6.45) is 16.1. The molecule has 0 aromatic rings. The molecule has 0 fully saturated rings. The number of aliphatic carboxylic acids is 2. The quantitative estimate of drug-likeness (QED) is 0.393. The molecule has 0 saturated heterocycles. The van der Waals surface area contributed by atoms with Crippen LogP contribution < -0.4 is 0 Å². The third kappa shape index (κ3) is 42.9. The molecule has 0 heterocycles. The second-order valence-corrected chi connectivity index (χ2v) is 4.91. The van der Waals surface area contributed by atoms with Gasteiger partial charge in [-0.25, -0.2) is 9.59 Å². The molecule has 2 N–H and O–H groups in total. The first-order valence-corrected chi connectivity index (χ1v) is 8.16. The molecular formula is C18H34O4. The van der Waals surface area contributed by atoms with Gasteiger partial charge in [-0.15, -0.1) is 0 Å². The Hall–Kier alpha value is -1.58. The van der Waals surface area contributed by atoms with Gasteiger partial charge in [0.15, 0.2) is 0 Å². The van der Waals surface area contributed by atoms with E-state index in [1.165, 1.54) is 64.2 Å². The molecule has 4 nitrogen and oxygen atoms in total. The van der Waals surface area contributed by atoms with Gasteiger partial charge in [0.2, 0.25) is 0 Å². The highest BCUT2D eigenvalue weighted by Crippen LogP contribution is 2.09. The van der Waals surface area contributed by atoms with Crippen LogP contribution in [0, 0.1) is 0 Å². The number of rotatable bonds is 11. The molecule has 130 valence electrons. The van der Waals surface area contributed by atoms with Gasteiger partial charge in [0.1, 0.15) is 0 Å². The Morgan fingerprint density at radius 2 is 0.864 bits per heavy atom. The highest BCUT2D eigenvalue weighted by molar-refractivity contribution is 5.79. The van der Waals surface area contributed by atoms with Gasteiger partial charge in [0.25, 0.3) is 0 Å². The molecule has 0 atom stereocenters. The Balaban J connectivity index is -0.000000298. The molecule has 0 rings (SSSR count). The summed E-state index contributed by atoms with van der Waals surface area (Å²) in [7, 11) is 0. The lowest BCUT2D eigenvalue weighted by molar-refractivity contribution is -0.132. The average Bonchev–Trinajstić information content (AvgIpc) is 2.51. The summed E-state index contributed by atoms with van der Waals surface area (Å²) >= 11 is 0. The minimum atomic E-state index is -0.981. The SMILES string of the molecule is C=CC(=O)O.C=CC(=O)O.CCCCCCCCCCCC. The van der Waals surface area contributed by atoms with Gasteiger partial charge < -0.3 is 10.2 Å². The van der Waals surface area contributed by atoms with E-state index in [4.69, 9.17) is 10.2 Å². The number of hydrogen-bond donors (Lipinski definition) is 2. The Kier molecular flexibility index (Phi) is 28.2. The standard InChI is InChI=1S/C12H26.2C3H4O2/c1-3-5-7-9-11-12-10-8-6-4-2;2*1-2-3(4)5/h3-12H2,1-2H3;2*2H,1H2,(H,4,5). The maximum Gasteiger partial charge on any atom is 0.327 e. The van der Waals surface area contributed by atoms with E-state index in [0.29, 0.717) is 0 Å². The van der Waals surface area contributed by atoms with Gasteiger partial charge in [0.05, 0.1) is 0 Å². The van der Waals surface area contributed by atoms with Gasteiger partial charge in [-0.1, -0.05) is 91.2 Å². The fraction of sp³-hybridized carbons (Fsp3) is 0.667. The van der Waals surface area contributed by atoms with Crippen molar-refractivity contribution in [1.29, 1.82) is 0 Å². The minimum Gasteiger partial charge on any atom is -0.478 e. The highest BCUT2D eigenvalue weighted by atomic mass is 16.4. The van der Waals surface area contributed by atoms with Crippen molar-refractivity contribution in [3.05, 3.63) is 25.3 Å². The zero-order valence-corrected chi connectivity index (χ0v) is 14.4. The Morgan fingerprint density at radius 3 is 1.00 bits per heavy atom. The van der Waals surface area contributed by atoms with E-state index in [-0.39, 0.29) is 0 Å². The molecule has 22 heavy (non-hydrogen) atoms. The minimum absolute atomic E-state index is 0.833. The van der Waals surface area contributed by atoms with E-state index in [9.17, 15) is 9.59 Å². The monoisotopic (exact) mass is 314 g/mol. The molecule has 0 amide bonds. The van der Waals surface area contributed by atoms with Crippen LogP contribution in [0.3, 0.4) is 0 Å². The van der Waals surface area contributed by atoms with E-state index in [1.807, 2.05) is 0 Å². The molecule has 0 aliphatic rings. The summed E-state index contributed by atoms with van der Waals surface area (Å²) in [5, 5.41) is 15.2. The summed E-state index contributed by atoms with van der Waals surface area (Å²) in [4.78, 5) is 18.5. The molecule has 0 saturated carbocycles. The van der Waals surface area contributed by atoms with Gasteiger partial charge >= 0.3 is 11.9 Å². The van der Waals surface area contributed by atoms with Crippen molar-refractivity contribution in [2.45, 2.75) is 78.1 Å². The van der Waals surface area contributed by atoms with Crippen LogP contribution in [0.5, 0.6) is 0 Å². The molecule has 0 unspecified atom stereocenters. The summed E-state index contributed by atoms with van der Waals surface area (Å²) in [5.41, 5.74) is 0. The van der Waals surface area contributed by atoms with Crippen molar-refractivity contribution >= 4 is 11.9 Å². The van der Waals surface area contributed by atoms with Gasteiger partial charge in [-0.05, 0) is 0 Å². The predicted molar refractivity (Wildman–Crippen MR) is 93.2 cm³/mol. The first-order valence-electron chi connectivity index (χ1n) is 8.16. The maximum atomic E-state index is 9.25. The lowest BCUT2D eigenvalue weighted by atomic mass is 10.1. The van der Waals surface area contributed by atoms with Crippen LogP contribution in [0.2, 0.25) is 0 Å². The maximum absolute atomic E-state index is 9.25. The van der Waals surface area contributed by atoms with Gasteiger partial charge in [0, 0.05) is 12.2 Å². The molecule has 0 aromatic heterocycles. The third-order valence-electron chi connectivity index (χ3n) is 2.81. The molecular weight excluding hydrogens is 280 g/mol. The summed E-state index contributed by atoms with van der Waals surface area (Å²) in [6, 6.07) is 0. The number of carboxylic acids is 2. The van der Waals surface area contributed by atoms with E-state index < -0.39 is 11.9 Å². The molecule has 4 heteroatoms. The van der Waals surface area contributed by atoms with Crippen LogP contribution >= 0.6 is 0 Å². The van der Waals surface area contributed by atoms with E-state index in [0.717, 1.165) is 12.2 Å². The normalized spacial score (nSPS) is 8.64. The zero-order valence-electron chi connectivity index (χ0n) is 14.4. The predicted octanol–water partition coefficient (Wildman–Crippen LogP) is 5.44. The topological polar surface area (TPSA) is 74.6 Å². The van der Waals surface area contributed by atoms with Crippen LogP contribution in [-0.4, -0.2) is 22.2 Å². The molecule has 0 aliphatic heterocycles. The molecule has 0 spiro atoms. The second-order valence-electron chi connectivity index (χ2n) is 4.91. The van der Waals surface area contributed by atoms with Gasteiger partial charge in [-0.2, -0.15) is 0 Å². The Morgan fingerprint density at radius 1 is 0.682 bits per heavy atom. The number of hydrogen-bond acceptors (Lipinski definition) is 2. The number of unbranched alkanes of at least 4 members (excludes halogenated alkanes) is 9. The Labute approximate surface area is 135 Å². The van der Waals surface area contributed by atoms with Gasteiger partial charge in [-0.3, -0.25) is 0 Å². The lowest BCUT2D eigenvalue weighted by Gasteiger charge is -1.99. The third-order valence-corrected chi connectivity index (χ3v) is 2.81. The van der Waals surface area contributed by atoms with Crippen LogP contribution in [0.25, 0.3) is 0 Å². The fourth-order valence-corrected chi connectivity index (χ4v) is 1.56. The van der Waals surface area contributed by atoms with E-state index in [2.05, 4.69) is 27.0 Å². The largest absolute Gasteiger partial charge is 0.478 e. The fourth-order valence-electron chi connectivity index (χ4n) is 1.56. The lowest BCUT2D eigenvalue weighted by Crippen LogP contribution is -1.82. The second kappa shape index (κ2) is 24.4. The molecule has 0 aliphatic carbocycles. The summed E-state index contributed by atoms with van der Waals surface area (Å²) in [6.45, 7) is 10.5. The Bertz CT molecular complexity index is 244. The first-order chi connectivity index (χ1) is 10.5. The molecule has 0 bridgehead atoms. The zero-order chi connectivity index (χ0) is 17.6. The van der Waals surface area contributed by atoms with E-state index >= 15 is 0 Å². The van der Waals surface area contributed by atoms with Crippen LogP contribution in [0.4, 0.5) is 0 Å². The van der Waals surface area contributed by atoms with Crippen molar-refractivity contribution in [2.75, 3.05) is 0 Å². The summed E-state index contributed by atoms with van der Waals surface area (Å²) < 4.78 is 0. The van der Waals surface area contributed by atoms with Crippen molar-refractivity contribution in [3.63, 3.8) is 0 Å². The molecule has 0 radical (unpaired) electrons. The number of carbonyl (C=O) groups is 2. The highest BCUT2D eigenvalue weighted by Gasteiger charge is 1.90. The molecule has 0 aromatic carbocycles. The first kappa shape index (κ1) is 25.4. The average molecular weight is 314 g/mol. The van der Waals surface area contributed by atoms with Crippen molar-refractivity contribution in [1.82, 2.24) is 0 Å². The van der Waals surface area contributed by atoms with Crippen LogP contribution in [-0.2, 0) is 9.59 Å². The smallest absolute Gasteiger partial charge is 0.327 e. The van der Waals surface area contributed by atoms with Crippen molar-refractivity contribution in [3.8, 4) is 0 Å². The van der Waals surface area contributed by atoms with Crippen molar-refractivity contribution < 1.29 is 19.8 Å². The van der Waals surface area contributed by atoms with Crippen LogP contribution in [0.15, 0.2) is 25.3 Å². The van der Waals surface area contributed by atoms with E-state index in [1.54, 1.807) is 0 Å². The van der Waals surface area contributed by atoms with Crippen LogP contribution in [0.1, 0.15) is 78.1 Å².